The molecule has 2 rings (SSSR count). The number of rotatable bonds is 4. The van der Waals surface area contributed by atoms with Gasteiger partial charge >= 0.3 is 0 Å². The van der Waals surface area contributed by atoms with Crippen LogP contribution in [0.2, 0.25) is 0 Å². The van der Waals surface area contributed by atoms with Crippen LogP contribution in [0.5, 0.6) is 0 Å². The van der Waals surface area contributed by atoms with E-state index in [1.807, 2.05) is 36.4 Å². The molecule has 0 saturated heterocycles. The van der Waals surface area contributed by atoms with E-state index in [-0.39, 0.29) is 5.91 Å². The van der Waals surface area contributed by atoms with Crippen LogP contribution in [-0.2, 0) is 4.79 Å². The maximum absolute atomic E-state index is 11.0. The molecule has 0 aromatic heterocycles. The van der Waals surface area contributed by atoms with Gasteiger partial charge in [0.15, 0.2) is 5.11 Å². The Morgan fingerprint density at radius 2 is 1.48 bits per heavy atom. The van der Waals surface area contributed by atoms with Crippen molar-refractivity contribution in [2.75, 3.05) is 16.0 Å². The third-order valence-corrected chi connectivity index (χ3v) is 3.48. The van der Waals surface area contributed by atoms with Gasteiger partial charge in [-0.3, -0.25) is 4.79 Å². The predicted molar refractivity (Wildman–Crippen MR) is 101 cm³/mol. The molecule has 0 aliphatic carbocycles. The summed E-state index contributed by atoms with van der Waals surface area (Å²) in [5.41, 5.74) is 3.84. The van der Waals surface area contributed by atoms with E-state index in [0.717, 1.165) is 17.1 Å². The molecule has 0 aliphatic rings. The molecule has 5 heteroatoms. The van der Waals surface area contributed by atoms with E-state index < -0.39 is 0 Å². The number of hydrogen-bond donors (Lipinski definition) is 3. The van der Waals surface area contributed by atoms with Crippen molar-refractivity contribution in [1.29, 1.82) is 0 Å². The average Bonchev–Trinajstić information content (AvgIpc) is 2.49. The fourth-order valence-corrected chi connectivity index (χ4v) is 2.34. The topological polar surface area (TPSA) is 53.2 Å². The molecule has 0 bridgehead atoms. The summed E-state index contributed by atoms with van der Waals surface area (Å²) in [5.74, 6) is 0.382. The third-order valence-electron chi connectivity index (χ3n) is 3.27. The summed E-state index contributed by atoms with van der Waals surface area (Å²) < 4.78 is 0. The minimum Gasteiger partial charge on any atom is -0.332 e. The zero-order valence-electron chi connectivity index (χ0n) is 13.5. The highest BCUT2D eigenvalue weighted by Crippen LogP contribution is 2.19. The molecule has 0 radical (unpaired) electrons. The Bertz CT molecular complexity index is 696. The molecule has 0 spiro atoms. The molecular formula is C18H21N3OS. The molecular weight excluding hydrogens is 306 g/mol. The van der Waals surface area contributed by atoms with E-state index >= 15 is 0 Å². The van der Waals surface area contributed by atoms with Gasteiger partial charge in [-0.2, -0.15) is 0 Å². The van der Waals surface area contributed by atoms with Crippen LogP contribution in [-0.4, -0.2) is 11.0 Å². The van der Waals surface area contributed by atoms with Gasteiger partial charge in [-0.1, -0.05) is 26.0 Å². The lowest BCUT2D eigenvalue weighted by Crippen LogP contribution is -2.19. The molecule has 2 aromatic carbocycles. The minimum absolute atomic E-state index is 0.0899. The molecule has 0 aliphatic heterocycles. The van der Waals surface area contributed by atoms with Crippen molar-refractivity contribution in [2.45, 2.75) is 26.7 Å². The Balaban J connectivity index is 1.96. The van der Waals surface area contributed by atoms with Crippen LogP contribution in [0, 0.1) is 0 Å². The highest BCUT2D eigenvalue weighted by Gasteiger charge is 2.03. The van der Waals surface area contributed by atoms with Crippen LogP contribution in [0.15, 0.2) is 48.5 Å². The fraction of sp³-hybridized carbons (Fsp3) is 0.222. The maximum Gasteiger partial charge on any atom is 0.221 e. The summed E-state index contributed by atoms with van der Waals surface area (Å²) >= 11 is 5.34. The van der Waals surface area contributed by atoms with Crippen molar-refractivity contribution < 1.29 is 4.79 Å². The Hall–Kier alpha value is -2.40. The van der Waals surface area contributed by atoms with E-state index in [0.29, 0.717) is 11.0 Å². The Labute approximate surface area is 142 Å². The molecule has 0 atom stereocenters. The molecule has 0 unspecified atom stereocenters. The zero-order valence-corrected chi connectivity index (χ0v) is 14.3. The van der Waals surface area contributed by atoms with E-state index in [2.05, 4.69) is 41.9 Å². The first kappa shape index (κ1) is 17.0. The minimum atomic E-state index is -0.0899. The lowest BCUT2D eigenvalue weighted by atomic mass is 10.0. The molecule has 0 fully saturated rings. The average molecular weight is 327 g/mol. The molecule has 120 valence electrons. The summed E-state index contributed by atoms with van der Waals surface area (Å²) in [6, 6.07) is 15.6. The standard InChI is InChI=1S/C18H21N3OS/c1-12(2)14-5-4-6-17(11-14)21-18(23)20-16-9-7-15(8-10-16)19-13(3)22/h4-12H,1-3H3,(H,19,22)(H2,20,21,23). The Kier molecular flexibility index (Phi) is 5.71. The number of hydrogen-bond acceptors (Lipinski definition) is 2. The van der Waals surface area contributed by atoms with Gasteiger partial charge in [0, 0.05) is 24.0 Å². The van der Waals surface area contributed by atoms with Gasteiger partial charge in [0.05, 0.1) is 0 Å². The number of anilines is 3. The van der Waals surface area contributed by atoms with Crippen molar-refractivity contribution in [3.63, 3.8) is 0 Å². The first-order valence-corrected chi connectivity index (χ1v) is 7.90. The molecule has 23 heavy (non-hydrogen) atoms. The largest absolute Gasteiger partial charge is 0.332 e. The lowest BCUT2D eigenvalue weighted by Gasteiger charge is -2.13. The molecule has 3 N–H and O–H groups in total. The SMILES string of the molecule is CC(=O)Nc1ccc(NC(=S)Nc2cccc(C(C)C)c2)cc1. The van der Waals surface area contributed by atoms with Gasteiger partial charge in [0.2, 0.25) is 5.91 Å². The number of nitrogens with one attached hydrogen (secondary N) is 3. The second kappa shape index (κ2) is 7.74. The van der Waals surface area contributed by atoms with Crippen LogP contribution in [0.1, 0.15) is 32.3 Å². The van der Waals surface area contributed by atoms with E-state index in [1.54, 1.807) is 0 Å². The maximum atomic E-state index is 11.0. The number of benzene rings is 2. The van der Waals surface area contributed by atoms with Crippen LogP contribution < -0.4 is 16.0 Å². The van der Waals surface area contributed by atoms with Gasteiger partial charge in [-0.05, 0) is 60.1 Å². The van der Waals surface area contributed by atoms with E-state index in [4.69, 9.17) is 12.2 Å². The zero-order chi connectivity index (χ0) is 16.8. The lowest BCUT2D eigenvalue weighted by molar-refractivity contribution is -0.114. The van der Waals surface area contributed by atoms with Crippen LogP contribution in [0.4, 0.5) is 17.1 Å². The Morgan fingerprint density at radius 3 is 2.04 bits per heavy atom. The van der Waals surface area contributed by atoms with Crippen molar-refractivity contribution in [3.8, 4) is 0 Å². The van der Waals surface area contributed by atoms with Crippen molar-refractivity contribution in [1.82, 2.24) is 0 Å². The fourth-order valence-electron chi connectivity index (χ4n) is 2.11. The second-order valence-electron chi connectivity index (χ2n) is 5.62. The number of amides is 1. The number of carbonyl (C=O) groups is 1. The number of thiocarbonyl (C=S) groups is 1. The van der Waals surface area contributed by atoms with Gasteiger partial charge < -0.3 is 16.0 Å². The van der Waals surface area contributed by atoms with Crippen molar-refractivity contribution in [2.24, 2.45) is 0 Å². The predicted octanol–water partition coefficient (Wildman–Crippen LogP) is 4.58. The summed E-state index contributed by atoms with van der Waals surface area (Å²) in [7, 11) is 0. The van der Waals surface area contributed by atoms with Crippen LogP contribution in [0.3, 0.4) is 0 Å². The number of carbonyl (C=O) groups excluding carboxylic acids is 1. The first-order chi connectivity index (χ1) is 10.9. The molecule has 0 saturated carbocycles. The van der Waals surface area contributed by atoms with Crippen molar-refractivity contribution >= 4 is 40.3 Å². The second-order valence-corrected chi connectivity index (χ2v) is 6.03. The first-order valence-electron chi connectivity index (χ1n) is 7.49. The summed E-state index contributed by atoms with van der Waals surface area (Å²) in [6.07, 6.45) is 0. The van der Waals surface area contributed by atoms with Gasteiger partial charge in [0.25, 0.3) is 0 Å². The van der Waals surface area contributed by atoms with Gasteiger partial charge in [0.1, 0.15) is 0 Å². The van der Waals surface area contributed by atoms with Crippen LogP contribution >= 0.6 is 12.2 Å². The van der Waals surface area contributed by atoms with Gasteiger partial charge in [-0.25, -0.2) is 0 Å². The Morgan fingerprint density at radius 1 is 0.913 bits per heavy atom. The highest BCUT2D eigenvalue weighted by atomic mass is 32.1. The molecule has 0 heterocycles. The smallest absolute Gasteiger partial charge is 0.221 e. The molecule has 2 aromatic rings. The normalized spacial score (nSPS) is 10.3. The summed E-state index contributed by atoms with van der Waals surface area (Å²) in [5, 5.41) is 9.56. The molecule has 1 amide bonds. The van der Waals surface area contributed by atoms with Crippen molar-refractivity contribution in [3.05, 3.63) is 54.1 Å². The summed E-state index contributed by atoms with van der Waals surface area (Å²) in [6.45, 7) is 5.80. The quantitative estimate of drug-likeness (QED) is 0.720. The van der Waals surface area contributed by atoms with Crippen LogP contribution in [0.25, 0.3) is 0 Å². The highest BCUT2D eigenvalue weighted by molar-refractivity contribution is 7.80. The van der Waals surface area contributed by atoms with E-state index in [9.17, 15) is 4.79 Å². The summed E-state index contributed by atoms with van der Waals surface area (Å²) in [4.78, 5) is 11.0. The van der Waals surface area contributed by atoms with E-state index in [1.165, 1.54) is 12.5 Å². The van der Waals surface area contributed by atoms with Gasteiger partial charge in [-0.15, -0.1) is 0 Å². The molecule has 4 nitrogen and oxygen atoms in total. The monoisotopic (exact) mass is 327 g/mol. The third kappa shape index (κ3) is 5.38.